The third-order valence-electron chi connectivity index (χ3n) is 7.40. The Morgan fingerprint density at radius 2 is 1.21 bits per heavy atom. The van der Waals surface area contributed by atoms with Crippen molar-refractivity contribution in [3.05, 3.63) is 127 Å². The van der Waals surface area contributed by atoms with Crippen LogP contribution < -0.4 is 16.0 Å². The van der Waals surface area contributed by atoms with Crippen LogP contribution in [0.5, 0.6) is 5.75 Å². The first-order valence-electron chi connectivity index (χ1n) is 16.1. The average molecular weight is 661 g/mol. The van der Waals surface area contributed by atoms with Crippen molar-refractivity contribution in [1.29, 1.82) is 0 Å². The molecule has 0 saturated heterocycles. The Balaban J connectivity index is 1.08. The van der Waals surface area contributed by atoms with E-state index in [2.05, 4.69) is 115 Å². The van der Waals surface area contributed by atoms with Gasteiger partial charge in [0.05, 0.1) is 10.6 Å². The van der Waals surface area contributed by atoms with Gasteiger partial charge in [-0.1, -0.05) is 57.2 Å². The van der Waals surface area contributed by atoms with E-state index in [1.54, 1.807) is 11.8 Å². The molecule has 0 atom stereocenters. The quantitative estimate of drug-likeness (QED) is 0.0509. The number of phenols is 1. The SMILES string of the molecule is CC(C)(C)c1cc(SCCC=Nc2ccc(Nc3ccccc3)cc2)cc(SCCCNc2ccc(Nc3ccccc3)cc2)c1O. The van der Waals surface area contributed by atoms with Gasteiger partial charge in [0, 0.05) is 57.4 Å². The highest BCUT2D eigenvalue weighted by Gasteiger charge is 2.21. The number of benzene rings is 5. The first kappa shape index (κ1) is 34.0. The van der Waals surface area contributed by atoms with Gasteiger partial charge in [0.25, 0.3) is 0 Å². The van der Waals surface area contributed by atoms with Gasteiger partial charge in [-0.2, -0.15) is 0 Å². The van der Waals surface area contributed by atoms with E-state index in [-0.39, 0.29) is 5.41 Å². The number of aromatic hydroxyl groups is 1. The van der Waals surface area contributed by atoms with Gasteiger partial charge in [-0.05, 0) is 109 Å². The van der Waals surface area contributed by atoms with Crippen LogP contribution in [0.25, 0.3) is 0 Å². The summed E-state index contributed by atoms with van der Waals surface area (Å²) >= 11 is 3.54. The highest BCUT2D eigenvalue weighted by atomic mass is 32.2. The van der Waals surface area contributed by atoms with E-state index < -0.39 is 0 Å². The summed E-state index contributed by atoms with van der Waals surface area (Å²) in [5.41, 5.74) is 7.14. The highest BCUT2D eigenvalue weighted by molar-refractivity contribution is 8.00. The fourth-order valence-electron chi connectivity index (χ4n) is 4.91. The van der Waals surface area contributed by atoms with Crippen molar-refractivity contribution in [3.8, 4) is 5.75 Å². The number of para-hydroxylation sites is 2. The maximum atomic E-state index is 11.2. The van der Waals surface area contributed by atoms with E-state index in [1.165, 1.54) is 4.90 Å². The van der Waals surface area contributed by atoms with Crippen molar-refractivity contribution in [2.45, 2.75) is 48.8 Å². The summed E-state index contributed by atoms with van der Waals surface area (Å²) in [5.74, 6) is 2.24. The molecule has 5 rings (SSSR count). The van der Waals surface area contributed by atoms with Gasteiger partial charge in [-0.3, -0.25) is 4.99 Å². The maximum absolute atomic E-state index is 11.2. The van der Waals surface area contributed by atoms with Crippen LogP contribution in [0.1, 0.15) is 39.2 Å². The third-order valence-corrected chi connectivity index (χ3v) is 9.52. The molecule has 5 nitrogen and oxygen atoms in total. The monoisotopic (exact) mass is 660 g/mol. The molecule has 0 aliphatic rings. The first-order chi connectivity index (χ1) is 22.8. The molecule has 0 radical (unpaired) electrons. The lowest BCUT2D eigenvalue weighted by Gasteiger charge is -2.23. The maximum Gasteiger partial charge on any atom is 0.132 e. The molecule has 4 N–H and O–H groups in total. The van der Waals surface area contributed by atoms with Gasteiger partial charge in [0.2, 0.25) is 0 Å². The molecular formula is C40H44N4OS2. The Labute approximate surface area is 288 Å². The molecule has 0 unspecified atom stereocenters. The lowest BCUT2D eigenvalue weighted by atomic mass is 9.86. The van der Waals surface area contributed by atoms with E-state index in [4.69, 9.17) is 0 Å². The molecule has 0 heterocycles. The van der Waals surface area contributed by atoms with E-state index in [9.17, 15) is 5.11 Å². The zero-order valence-electron chi connectivity index (χ0n) is 27.4. The van der Waals surface area contributed by atoms with Crippen LogP contribution in [0.15, 0.2) is 136 Å². The predicted octanol–water partition coefficient (Wildman–Crippen LogP) is 11.7. The molecule has 242 valence electrons. The van der Waals surface area contributed by atoms with Gasteiger partial charge < -0.3 is 21.1 Å². The summed E-state index contributed by atoms with van der Waals surface area (Å²) in [7, 11) is 0. The van der Waals surface area contributed by atoms with Gasteiger partial charge in [0.15, 0.2) is 0 Å². The van der Waals surface area contributed by atoms with Gasteiger partial charge >= 0.3 is 0 Å². The zero-order valence-corrected chi connectivity index (χ0v) is 29.0. The van der Waals surface area contributed by atoms with Crippen molar-refractivity contribution >= 4 is 63.9 Å². The minimum absolute atomic E-state index is 0.151. The fourth-order valence-corrected chi connectivity index (χ4v) is 6.81. The van der Waals surface area contributed by atoms with Crippen molar-refractivity contribution < 1.29 is 5.11 Å². The van der Waals surface area contributed by atoms with Crippen LogP contribution in [0.3, 0.4) is 0 Å². The van der Waals surface area contributed by atoms with Crippen LogP contribution in [0, 0.1) is 0 Å². The van der Waals surface area contributed by atoms with E-state index in [0.717, 1.165) is 75.5 Å². The number of rotatable bonds is 15. The van der Waals surface area contributed by atoms with Crippen molar-refractivity contribution in [2.75, 3.05) is 34.0 Å². The summed E-state index contributed by atoms with van der Waals surface area (Å²) in [6, 6.07) is 41.2. The molecule has 0 bridgehead atoms. The lowest BCUT2D eigenvalue weighted by molar-refractivity contribution is 0.433. The van der Waals surface area contributed by atoms with E-state index in [0.29, 0.717) is 5.75 Å². The van der Waals surface area contributed by atoms with Gasteiger partial charge in [0.1, 0.15) is 5.75 Å². The molecule has 0 spiro atoms. The van der Waals surface area contributed by atoms with Crippen LogP contribution >= 0.6 is 23.5 Å². The molecule has 0 aliphatic heterocycles. The Hall–Kier alpha value is -4.33. The highest BCUT2D eigenvalue weighted by Crippen LogP contribution is 2.41. The largest absolute Gasteiger partial charge is 0.506 e. The number of aliphatic imine (C=N–C) groups is 1. The average Bonchev–Trinajstić information content (AvgIpc) is 3.07. The molecule has 5 aromatic carbocycles. The van der Waals surface area contributed by atoms with E-state index in [1.807, 2.05) is 66.5 Å². The van der Waals surface area contributed by atoms with Crippen molar-refractivity contribution in [1.82, 2.24) is 0 Å². The van der Waals surface area contributed by atoms with Crippen LogP contribution in [-0.2, 0) is 5.41 Å². The molecule has 0 aliphatic carbocycles. The number of hydrogen-bond acceptors (Lipinski definition) is 7. The van der Waals surface area contributed by atoms with Gasteiger partial charge in [-0.25, -0.2) is 0 Å². The Morgan fingerprint density at radius 3 is 1.81 bits per heavy atom. The molecule has 7 heteroatoms. The molecule has 0 saturated carbocycles. The Kier molecular flexibility index (Phi) is 12.3. The standard InChI is InChI=1S/C40H44N4OS2/c1-40(2,3)37-28-36(46-26-10-24-41-30-16-20-34(21-17-30)43-32-12-6-4-7-13-32)29-38(39(37)45)47-27-11-25-42-31-18-22-35(23-19-31)44-33-14-8-5-9-15-33/h4-9,12-24,28-29,42-45H,10-11,25-27H2,1-3H3. The van der Waals surface area contributed by atoms with Crippen molar-refractivity contribution in [3.63, 3.8) is 0 Å². The number of thioether (sulfide) groups is 2. The second kappa shape index (κ2) is 17.0. The Morgan fingerprint density at radius 1 is 0.660 bits per heavy atom. The molecule has 0 fully saturated rings. The number of hydrogen-bond donors (Lipinski definition) is 4. The molecule has 0 aromatic heterocycles. The van der Waals surface area contributed by atoms with E-state index >= 15 is 0 Å². The summed E-state index contributed by atoms with van der Waals surface area (Å²) in [6.45, 7) is 7.33. The number of anilines is 5. The molecule has 47 heavy (non-hydrogen) atoms. The molecule has 0 amide bonds. The summed E-state index contributed by atoms with van der Waals surface area (Å²) in [4.78, 5) is 6.79. The lowest BCUT2D eigenvalue weighted by Crippen LogP contribution is -2.12. The zero-order chi connectivity index (χ0) is 32.9. The smallest absolute Gasteiger partial charge is 0.132 e. The number of nitrogens with zero attached hydrogens (tertiary/aromatic N) is 1. The molecular weight excluding hydrogens is 617 g/mol. The van der Waals surface area contributed by atoms with Gasteiger partial charge in [-0.15, -0.1) is 23.5 Å². The van der Waals surface area contributed by atoms with Crippen LogP contribution in [-0.4, -0.2) is 29.4 Å². The first-order valence-corrected chi connectivity index (χ1v) is 18.0. The minimum Gasteiger partial charge on any atom is -0.506 e. The molecule has 5 aromatic rings. The summed E-state index contributed by atoms with van der Waals surface area (Å²) in [5, 5.41) is 21.5. The Bertz CT molecular complexity index is 1700. The predicted molar refractivity (Wildman–Crippen MR) is 206 cm³/mol. The third kappa shape index (κ3) is 10.9. The summed E-state index contributed by atoms with van der Waals surface area (Å²) in [6.07, 6.45) is 3.83. The van der Waals surface area contributed by atoms with Crippen LogP contribution in [0.4, 0.5) is 34.1 Å². The topological polar surface area (TPSA) is 68.7 Å². The summed E-state index contributed by atoms with van der Waals surface area (Å²) < 4.78 is 0. The normalized spacial score (nSPS) is 11.5. The number of nitrogens with one attached hydrogen (secondary N) is 3. The minimum atomic E-state index is -0.151. The second-order valence-electron chi connectivity index (χ2n) is 12.3. The van der Waals surface area contributed by atoms with Crippen molar-refractivity contribution in [2.24, 2.45) is 4.99 Å². The van der Waals surface area contributed by atoms with Crippen LogP contribution in [0.2, 0.25) is 0 Å². The second-order valence-corrected chi connectivity index (χ2v) is 14.6. The number of phenolic OH excluding ortho intramolecular Hbond substituents is 1. The fraction of sp³-hybridized carbons (Fsp3) is 0.225.